The maximum atomic E-state index is 13.9. The number of carbonyl (C=O) groups is 4. The number of aliphatic hydroxyl groups excluding tert-OH is 1. The molecule has 4 unspecified atom stereocenters. The van der Waals surface area contributed by atoms with E-state index in [1.807, 2.05) is 75.4 Å². The van der Waals surface area contributed by atoms with Gasteiger partial charge in [0.2, 0.25) is 11.8 Å². The number of likely N-dealkylation sites (tertiary alicyclic amines) is 1. The standard InChI is InChI=1S/C35H49N3O6/c1-23(2)31(33(42)38-18-16-28(39)17-19-38)37-32(41)27(20-26-14-12-24(3)13-15-26)22-30(40)29(21-25-10-8-7-9-11-25)36-34(43)44-35(4,5)6/h7-15,23,27,29-31,40H,16-22H2,1-6H3,(H,36,43)(H,37,41). The van der Waals surface area contributed by atoms with Gasteiger partial charge in [0.15, 0.2) is 0 Å². The number of amides is 3. The van der Waals surface area contributed by atoms with Crippen LogP contribution in [0.4, 0.5) is 4.79 Å². The number of carbonyl (C=O) groups excluding carboxylic acids is 4. The summed E-state index contributed by atoms with van der Waals surface area (Å²) in [6, 6.07) is 15.9. The maximum Gasteiger partial charge on any atom is 0.407 e. The lowest BCUT2D eigenvalue weighted by Gasteiger charge is -2.33. The van der Waals surface area contributed by atoms with Gasteiger partial charge in [0.25, 0.3) is 0 Å². The fourth-order valence-electron chi connectivity index (χ4n) is 5.32. The number of hydrogen-bond donors (Lipinski definition) is 3. The molecule has 4 atom stereocenters. The summed E-state index contributed by atoms with van der Waals surface area (Å²) in [6.07, 6.45) is -0.385. The molecule has 0 aromatic heterocycles. The first-order valence-corrected chi connectivity index (χ1v) is 15.6. The smallest absolute Gasteiger partial charge is 0.407 e. The molecule has 1 aliphatic heterocycles. The highest BCUT2D eigenvalue weighted by Crippen LogP contribution is 2.21. The third-order valence-corrected chi connectivity index (χ3v) is 7.83. The summed E-state index contributed by atoms with van der Waals surface area (Å²) in [7, 11) is 0. The molecule has 2 aromatic carbocycles. The van der Waals surface area contributed by atoms with Gasteiger partial charge in [-0.2, -0.15) is 0 Å². The highest BCUT2D eigenvalue weighted by atomic mass is 16.6. The number of aliphatic hydroxyl groups is 1. The number of nitrogens with zero attached hydrogens (tertiary/aromatic N) is 1. The van der Waals surface area contributed by atoms with Crippen LogP contribution in [-0.2, 0) is 32.0 Å². The average molecular weight is 608 g/mol. The second kappa shape index (κ2) is 15.8. The summed E-state index contributed by atoms with van der Waals surface area (Å²) in [5.41, 5.74) is 2.20. The molecule has 0 saturated carbocycles. The van der Waals surface area contributed by atoms with Crippen molar-refractivity contribution in [3.05, 3.63) is 71.3 Å². The number of hydrogen-bond acceptors (Lipinski definition) is 6. The minimum absolute atomic E-state index is 0.0459. The number of alkyl carbamates (subject to hydrolysis) is 1. The van der Waals surface area contributed by atoms with Gasteiger partial charge in [-0.1, -0.05) is 74.0 Å². The second-order valence-electron chi connectivity index (χ2n) is 13.2. The van der Waals surface area contributed by atoms with Crippen molar-refractivity contribution in [3.63, 3.8) is 0 Å². The fourth-order valence-corrected chi connectivity index (χ4v) is 5.32. The lowest BCUT2D eigenvalue weighted by Crippen LogP contribution is -2.54. The van der Waals surface area contributed by atoms with Gasteiger partial charge < -0.3 is 25.4 Å². The van der Waals surface area contributed by atoms with Gasteiger partial charge in [-0.15, -0.1) is 0 Å². The number of ketones is 1. The van der Waals surface area contributed by atoms with Crippen LogP contribution in [0.3, 0.4) is 0 Å². The van der Waals surface area contributed by atoms with E-state index in [0.29, 0.717) is 38.8 Å². The largest absolute Gasteiger partial charge is 0.444 e. The Kier molecular flexibility index (Phi) is 12.5. The van der Waals surface area contributed by atoms with Crippen LogP contribution >= 0.6 is 0 Å². The van der Waals surface area contributed by atoms with Crippen molar-refractivity contribution < 1.29 is 29.0 Å². The number of nitrogens with one attached hydrogen (secondary N) is 2. The molecule has 1 saturated heterocycles. The van der Waals surface area contributed by atoms with E-state index < -0.39 is 35.8 Å². The number of aryl methyl sites for hydroxylation is 1. The molecule has 3 amide bonds. The highest BCUT2D eigenvalue weighted by molar-refractivity contribution is 5.90. The number of Topliss-reactive ketones (excluding diaryl/α,β-unsaturated/α-hetero) is 1. The van der Waals surface area contributed by atoms with Gasteiger partial charge in [-0.3, -0.25) is 14.4 Å². The van der Waals surface area contributed by atoms with Crippen LogP contribution in [0.25, 0.3) is 0 Å². The zero-order valence-corrected chi connectivity index (χ0v) is 27.0. The third kappa shape index (κ3) is 11.1. The molecule has 9 heteroatoms. The normalized spacial score (nSPS) is 16.5. The minimum Gasteiger partial charge on any atom is -0.444 e. The van der Waals surface area contributed by atoms with E-state index in [1.54, 1.807) is 25.7 Å². The predicted octanol–water partition coefficient (Wildman–Crippen LogP) is 4.37. The van der Waals surface area contributed by atoms with Gasteiger partial charge >= 0.3 is 6.09 Å². The summed E-state index contributed by atoms with van der Waals surface area (Å²) >= 11 is 0. The molecule has 3 rings (SSSR count). The molecule has 0 spiro atoms. The lowest BCUT2D eigenvalue weighted by atomic mass is 9.88. The summed E-state index contributed by atoms with van der Waals surface area (Å²) in [5, 5.41) is 17.4. The van der Waals surface area contributed by atoms with Crippen molar-refractivity contribution in [2.45, 2.75) is 97.4 Å². The van der Waals surface area contributed by atoms with E-state index in [2.05, 4.69) is 10.6 Å². The van der Waals surface area contributed by atoms with Crippen LogP contribution in [0, 0.1) is 18.8 Å². The van der Waals surface area contributed by atoms with Crippen LogP contribution in [0.2, 0.25) is 0 Å². The van der Waals surface area contributed by atoms with Crippen molar-refractivity contribution in [2.75, 3.05) is 13.1 Å². The van der Waals surface area contributed by atoms with Crippen molar-refractivity contribution >= 4 is 23.7 Å². The summed E-state index contributed by atoms with van der Waals surface area (Å²) in [4.78, 5) is 53.6. The number of benzene rings is 2. The molecule has 2 aromatic rings. The van der Waals surface area contributed by atoms with Gasteiger partial charge in [0.1, 0.15) is 17.4 Å². The van der Waals surface area contributed by atoms with Gasteiger partial charge in [-0.25, -0.2) is 4.79 Å². The second-order valence-corrected chi connectivity index (χ2v) is 13.2. The zero-order valence-electron chi connectivity index (χ0n) is 27.0. The molecule has 240 valence electrons. The topological polar surface area (TPSA) is 125 Å². The number of rotatable bonds is 12. The van der Waals surface area contributed by atoms with Gasteiger partial charge in [0, 0.05) is 31.8 Å². The molecular formula is C35H49N3O6. The lowest BCUT2D eigenvalue weighted by molar-refractivity contribution is -0.141. The SMILES string of the molecule is Cc1ccc(CC(CC(O)C(Cc2ccccc2)NC(=O)OC(C)(C)C)C(=O)NC(C(=O)N2CCC(=O)CC2)C(C)C)cc1. The molecule has 0 aliphatic carbocycles. The van der Waals surface area contributed by atoms with Crippen molar-refractivity contribution in [1.29, 1.82) is 0 Å². The van der Waals surface area contributed by atoms with Gasteiger partial charge in [-0.05, 0) is 64.0 Å². The van der Waals surface area contributed by atoms with E-state index in [1.165, 1.54) is 0 Å². The minimum atomic E-state index is -1.09. The molecule has 9 nitrogen and oxygen atoms in total. The van der Waals surface area contributed by atoms with Crippen LogP contribution in [0.1, 0.15) is 70.6 Å². The summed E-state index contributed by atoms with van der Waals surface area (Å²) in [5.74, 6) is -1.29. The Morgan fingerprint density at radius 2 is 1.50 bits per heavy atom. The predicted molar refractivity (Wildman–Crippen MR) is 170 cm³/mol. The van der Waals surface area contributed by atoms with E-state index in [-0.39, 0.29) is 29.9 Å². The molecule has 1 fully saturated rings. The monoisotopic (exact) mass is 607 g/mol. The first kappa shape index (κ1) is 34.8. The summed E-state index contributed by atoms with van der Waals surface area (Å²) < 4.78 is 5.48. The van der Waals surface area contributed by atoms with Crippen LogP contribution in [-0.4, -0.2) is 70.6 Å². The van der Waals surface area contributed by atoms with Gasteiger partial charge in [0.05, 0.1) is 12.1 Å². The van der Waals surface area contributed by atoms with Crippen molar-refractivity contribution in [3.8, 4) is 0 Å². The van der Waals surface area contributed by atoms with Crippen LogP contribution in [0.15, 0.2) is 54.6 Å². The van der Waals surface area contributed by atoms with Crippen LogP contribution in [0.5, 0.6) is 0 Å². The molecule has 3 N–H and O–H groups in total. The van der Waals surface area contributed by atoms with E-state index in [0.717, 1.165) is 16.7 Å². The van der Waals surface area contributed by atoms with E-state index in [4.69, 9.17) is 4.74 Å². The fraction of sp³-hybridized carbons (Fsp3) is 0.543. The Balaban J connectivity index is 1.84. The first-order valence-electron chi connectivity index (χ1n) is 15.6. The van der Waals surface area contributed by atoms with Crippen molar-refractivity contribution in [1.82, 2.24) is 15.5 Å². The van der Waals surface area contributed by atoms with E-state index >= 15 is 0 Å². The molecule has 0 bridgehead atoms. The maximum absolute atomic E-state index is 13.9. The van der Waals surface area contributed by atoms with Crippen LogP contribution < -0.4 is 10.6 Å². The average Bonchev–Trinajstić information content (AvgIpc) is 2.95. The number of piperidine rings is 1. The first-order chi connectivity index (χ1) is 20.7. The Morgan fingerprint density at radius 3 is 2.07 bits per heavy atom. The molecular weight excluding hydrogens is 558 g/mol. The summed E-state index contributed by atoms with van der Waals surface area (Å²) in [6.45, 7) is 11.7. The molecule has 1 aliphatic rings. The zero-order chi connectivity index (χ0) is 32.4. The van der Waals surface area contributed by atoms with Crippen molar-refractivity contribution in [2.24, 2.45) is 11.8 Å². The number of ether oxygens (including phenoxy) is 1. The Bertz CT molecular complexity index is 1250. The molecule has 44 heavy (non-hydrogen) atoms. The Hall–Kier alpha value is -3.72. The van der Waals surface area contributed by atoms with E-state index in [9.17, 15) is 24.3 Å². The Morgan fingerprint density at radius 1 is 0.909 bits per heavy atom. The molecule has 0 radical (unpaired) electrons. The molecule has 1 heterocycles. The quantitative estimate of drug-likeness (QED) is 0.329. The Labute approximate surface area is 261 Å². The highest BCUT2D eigenvalue weighted by Gasteiger charge is 2.35. The third-order valence-electron chi connectivity index (χ3n) is 7.83.